The molecule has 0 aliphatic carbocycles. The van der Waals surface area contributed by atoms with Crippen molar-refractivity contribution >= 4 is 19.8 Å². The minimum Gasteiger partial charge on any atom is -0.756 e. The predicted molar refractivity (Wildman–Crippen MR) is 199 cm³/mol. The van der Waals surface area contributed by atoms with E-state index in [-0.39, 0.29) is 32.7 Å². The quantitative estimate of drug-likeness (QED) is 0.0382. The third-order valence-electron chi connectivity index (χ3n) is 8.96. The molecule has 0 aromatic heterocycles. The van der Waals surface area contributed by atoms with Crippen molar-refractivity contribution < 1.29 is 42.5 Å². The van der Waals surface area contributed by atoms with Gasteiger partial charge in [0.15, 0.2) is 0 Å². The lowest BCUT2D eigenvalue weighted by molar-refractivity contribution is -0.858. The lowest BCUT2D eigenvalue weighted by atomic mass is 10.0. The van der Waals surface area contributed by atoms with Crippen LogP contribution in [0.2, 0.25) is 0 Å². The molecule has 0 radical (unpaired) electrons. The van der Waals surface area contributed by atoms with Gasteiger partial charge in [0.1, 0.15) is 32.5 Å². The smallest absolute Gasteiger partial charge is 0.305 e. The molecule has 0 heterocycles. The van der Waals surface area contributed by atoms with Crippen LogP contribution in [0.5, 0.6) is 0 Å². The van der Waals surface area contributed by atoms with E-state index >= 15 is 0 Å². The van der Waals surface area contributed by atoms with E-state index in [1.807, 2.05) is 14.1 Å². The standard InChI is InChI=1S/C39H78NO8P/c1-5-7-9-11-13-15-17-19-21-23-25-27-29-31-38(41)45-35-37(48-49(43,44)47-34-33-40(3)4)36-46-39(42)32-30-28-26-24-22-20-18-16-14-12-10-8-6-2/h37H,5-36H2,1-4H3,(H,43,44). The Kier molecular flexibility index (Phi) is 34.7. The van der Waals surface area contributed by atoms with Gasteiger partial charge in [-0.1, -0.05) is 168 Å². The van der Waals surface area contributed by atoms with E-state index in [0.29, 0.717) is 6.54 Å². The highest BCUT2D eigenvalue weighted by Crippen LogP contribution is 2.39. The Hall–Kier alpha value is -0.990. The van der Waals surface area contributed by atoms with E-state index < -0.39 is 25.9 Å². The summed E-state index contributed by atoms with van der Waals surface area (Å²) in [5.41, 5.74) is 0. The minimum atomic E-state index is -4.67. The highest BCUT2D eigenvalue weighted by Gasteiger charge is 2.22. The molecule has 0 saturated carbocycles. The zero-order valence-electron chi connectivity index (χ0n) is 32.4. The van der Waals surface area contributed by atoms with Crippen molar-refractivity contribution in [2.75, 3.05) is 40.5 Å². The van der Waals surface area contributed by atoms with Crippen molar-refractivity contribution in [2.24, 2.45) is 0 Å². The number of hydrogen-bond donors (Lipinski definition) is 1. The van der Waals surface area contributed by atoms with Crippen molar-refractivity contribution in [3.05, 3.63) is 0 Å². The van der Waals surface area contributed by atoms with E-state index in [0.717, 1.165) is 43.4 Å². The summed E-state index contributed by atoms with van der Waals surface area (Å²) in [6.07, 6.45) is 31.1. The molecule has 0 spiro atoms. The first-order chi connectivity index (χ1) is 23.7. The zero-order valence-corrected chi connectivity index (χ0v) is 33.3. The summed E-state index contributed by atoms with van der Waals surface area (Å²) in [4.78, 5) is 38.2. The monoisotopic (exact) mass is 720 g/mol. The number of likely N-dealkylation sites (N-methyl/N-ethyl adjacent to an activating group) is 1. The molecule has 1 N–H and O–H groups in total. The first kappa shape index (κ1) is 48.0. The highest BCUT2D eigenvalue weighted by molar-refractivity contribution is 7.45. The van der Waals surface area contributed by atoms with E-state index in [1.165, 1.54) is 128 Å². The molecule has 0 aromatic carbocycles. The van der Waals surface area contributed by atoms with Gasteiger partial charge in [0.05, 0.1) is 14.1 Å². The Morgan fingerprint density at radius 2 is 0.857 bits per heavy atom. The van der Waals surface area contributed by atoms with Gasteiger partial charge in [-0.05, 0) is 12.8 Å². The number of esters is 2. The van der Waals surface area contributed by atoms with Crippen LogP contribution >= 0.6 is 7.82 Å². The molecule has 1 atom stereocenters. The summed E-state index contributed by atoms with van der Waals surface area (Å²) in [6.45, 7) is 4.29. The molecule has 0 rings (SSSR count). The molecule has 0 aliphatic heterocycles. The number of phosphoric ester groups is 1. The van der Waals surface area contributed by atoms with Gasteiger partial charge in [-0.3, -0.25) is 14.2 Å². The molecule has 292 valence electrons. The van der Waals surface area contributed by atoms with Crippen LogP contribution in [0, 0.1) is 0 Å². The first-order valence-corrected chi connectivity index (χ1v) is 21.9. The Morgan fingerprint density at radius 1 is 0.551 bits per heavy atom. The zero-order chi connectivity index (χ0) is 36.3. The largest absolute Gasteiger partial charge is 0.756 e. The van der Waals surface area contributed by atoms with Crippen LogP contribution in [0.15, 0.2) is 0 Å². The number of rotatable bonds is 38. The van der Waals surface area contributed by atoms with Gasteiger partial charge in [0.25, 0.3) is 7.82 Å². The van der Waals surface area contributed by atoms with Crippen LogP contribution in [0.25, 0.3) is 0 Å². The molecule has 49 heavy (non-hydrogen) atoms. The fourth-order valence-electron chi connectivity index (χ4n) is 5.77. The van der Waals surface area contributed by atoms with Crippen molar-refractivity contribution in [3.63, 3.8) is 0 Å². The summed E-state index contributed by atoms with van der Waals surface area (Å²) < 4.78 is 33.2. The summed E-state index contributed by atoms with van der Waals surface area (Å²) in [7, 11) is -0.903. The number of hydrogen-bond acceptors (Lipinski definition) is 8. The molecular weight excluding hydrogens is 641 g/mol. The molecule has 0 saturated heterocycles. The number of nitrogens with one attached hydrogen (secondary N) is 1. The van der Waals surface area contributed by atoms with E-state index in [9.17, 15) is 19.0 Å². The molecule has 9 nitrogen and oxygen atoms in total. The molecule has 0 aliphatic rings. The average molecular weight is 720 g/mol. The maximum atomic E-state index is 12.4. The second-order valence-electron chi connectivity index (χ2n) is 14.3. The Morgan fingerprint density at radius 3 is 1.16 bits per heavy atom. The molecule has 1 unspecified atom stereocenters. The number of carbonyl (C=O) groups is 2. The number of carbonyl (C=O) groups excluding carboxylic acids is 2. The van der Waals surface area contributed by atoms with E-state index in [4.69, 9.17) is 18.5 Å². The maximum Gasteiger partial charge on any atom is 0.305 e. The lowest BCUT2D eigenvalue weighted by Gasteiger charge is -2.27. The van der Waals surface area contributed by atoms with Crippen LogP contribution in [0.4, 0.5) is 0 Å². The van der Waals surface area contributed by atoms with Gasteiger partial charge in [0, 0.05) is 12.8 Å². The SMILES string of the molecule is CCCCCCCCCCCCCCCC(=O)OCC(COC(=O)CCCCCCCCCCCCCCC)OP(=O)([O-])OCC[NH+](C)C. The van der Waals surface area contributed by atoms with Crippen LogP contribution in [0.3, 0.4) is 0 Å². The Labute approximate surface area is 301 Å². The van der Waals surface area contributed by atoms with Gasteiger partial charge >= 0.3 is 11.9 Å². The van der Waals surface area contributed by atoms with Gasteiger partial charge in [-0.15, -0.1) is 0 Å². The molecule has 10 heteroatoms. The topological polar surface area (TPSA) is 116 Å². The van der Waals surface area contributed by atoms with Crippen molar-refractivity contribution in [3.8, 4) is 0 Å². The fraction of sp³-hybridized carbons (Fsp3) is 0.949. The summed E-state index contributed by atoms with van der Waals surface area (Å²) >= 11 is 0. The number of unbranched alkanes of at least 4 members (excludes halogenated alkanes) is 24. The number of quaternary nitrogens is 1. The van der Waals surface area contributed by atoms with Crippen LogP contribution < -0.4 is 9.79 Å². The Bertz CT molecular complexity index is 751. The normalized spacial score (nSPS) is 12.9. The lowest BCUT2D eigenvalue weighted by Crippen LogP contribution is -3.06. The average Bonchev–Trinajstić information content (AvgIpc) is 3.06. The van der Waals surface area contributed by atoms with Crippen molar-refractivity contribution in [1.82, 2.24) is 0 Å². The maximum absolute atomic E-state index is 12.4. The predicted octanol–water partition coefficient (Wildman–Crippen LogP) is 9.05. The van der Waals surface area contributed by atoms with Gasteiger partial charge in [-0.25, -0.2) is 0 Å². The van der Waals surface area contributed by atoms with Crippen molar-refractivity contribution in [1.29, 1.82) is 0 Å². The molecule has 0 fully saturated rings. The van der Waals surface area contributed by atoms with Crippen LogP contribution in [-0.2, 0) is 32.7 Å². The molecule has 0 amide bonds. The fourth-order valence-corrected chi connectivity index (χ4v) is 6.64. The van der Waals surface area contributed by atoms with Crippen LogP contribution in [0.1, 0.15) is 194 Å². The third kappa shape index (κ3) is 36.6. The van der Waals surface area contributed by atoms with E-state index in [1.54, 1.807) is 0 Å². The third-order valence-corrected chi connectivity index (χ3v) is 10.0. The molecule has 0 aromatic rings. The van der Waals surface area contributed by atoms with Gasteiger partial charge in [-0.2, -0.15) is 0 Å². The molecular formula is C39H78NO8P. The van der Waals surface area contributed by atoms with Gasteiger partial charge < -0.3 is 28.3 Å². The number of ether oxygens (including phenoxy) is 2. The Balaban J connectivity index is 4.25. The molecule has 0 bridgehead atoms. The highest BCUT2D eigenvalue weighted by atomic mass is 31.2. The van der Waals surface area contributed by atoms with Crippen molar-refractivity contribution in [2.45, 2.75) is 200 Å². The minimum absolute atomic E-state index is 0.0342. The first-order valence-electron chi connectivity index (χ1n) is 20.4. The second kappa shape index (κ2) is 35.4. The van der Waals surface area contributed by atoms with Gasteiger partial charge in [0.2, 0.25) is 0 Å². The van der Waals surface area contributed by atoms with E-state index in [2.05, 4.69) is 13.8 Å². The summed E-state index contributed by atoms with van der Waals surface area (Å²) in [6, 6.07) is 0. The summed E-state index contributed by atoms with van der Waals surface area (Å²) in [5.74, 6) is -0.819. The van der Waals surface area contributed by atoms with Crippen LogP contribution in [-0.4, -0.2) is 58.5 Å². The summed E-state index contributed by atoms with van der Waals surface area (Å²) in [5, 5.41) is 0. The number of phosphoric acid groups is 1. The second-order valence-corrected chi connectivity index (χ2v) is 15.7.